The molecule has 0 radical (unpaired) electrons. The first-order valence-corrected chi connectivity index (χ1v) is 8.65. The molecule has 114 valence electrons. The van der Waals surface area contributed by atoms with Crippen molar-refractivity contribution in [2.75, 3.05) is 0 Å². The van der Waals surface area contributed by atoms with Crippen LogP contribution in [0.5, 0.6) is 0 Å². The van der Waals surface area contributed by atoms with Gasteiger partial charge in [-0.3, -0.25) is 0 Å². The van der Waals surface area contributed by atoms with Gasteiger partial charge in [0.1, 0.15) is 0 Å². The standard InChI is InChI=1S/C19H32S/c1-7-13-19(6,10-4)16-14-15(11-12-17(16)20)18(5,8-2)9-3/h11-12,14,20H,7-10,13H2,1-6H3. The summed E-state index contributed by atoms with van der Waals surface area (Å²) in [5.41, 5.74) is 3.46. The Labute approximate surface area is 131 Å². The van der Waals surface area contributed by atoms with E-state index in [2.05, 4.69) is 59.7 Å². The third-order valence-corrected chi connectivity index (χ3v) is 5.88. The van der Waals surface area contributed by atoms with Crippen molar-refractivity contribution in [1.82, 2.24) is 0 Å². The van der Waals surface area contributed by atoms with E-state index in [4.69, 9.17) is 12.6 Å². The number of benzene rings is 1. The number of hydrogen-bond acceptors (Lipinski definition) is 1. The number of rotatable bonds is 7. The van der Waals surface area contributed by atoms with Crippen molar-refractivity contribution in [2.24, 2.45) is 0 Å². The fourth-order valence-corrected chi connectivity index (χ4v) is 3.52. The highest BCUT2D eigenvalue weighted by atomic mass is 32.1. The first-order valence-electron chi connectivity index (χ1n) is 8.20. The SMILES string of the molecule is CCCC(C)(CC)c1cc(C(C)(CC)CC)ccc1S. The molecule has 0 aliphatic rings. The first kappa shape index (κ1) is 17.6. The lowest BCUT2D eigenvalue weighted by Gasteiger charge is -2.33. The Kier molecular flexibility index (Phi) is 6.19. The molecule has 0 N–H and O–H groups in total. The van der Waals surface area contributed by atoms with E-state index in [-0.39, 0.29) is 10.8 Å². The third kappa shape index (κ3) is 3.42. The summed E-state index contributed by atoms with van der Waals surface area (Å²) in [6, 6.07) is 6.93. The maximum atomic E-state index is 4.74. The molecule has 0 aliphatic heterocycles. The van der Waals surface area contributed by atoms with Gasteiger partial charge in [-0.2, -0.15) is 0 Å². The average Bonchev–Trinajstić information content (AvgIpc) is 2.47. The van der Waals surface area contributed by atoms with Crippen LogP contribution in [0.2, 0.25) is 0 Å². The zero-order valence-electron chi connectivity index (χ0n) is 14.2. The molecule has 0 saturated carbocycles. The zero-order chi connectivity index (χ0) is 15.4. The van der Waals surface area contributed by atoms with E-state index in [9.17, 15) is 0 Å². The fourth-order valence-electron chi connectivity index (χ4n) is 3.11. The lowest BCUT2D eigenvalue weighted by atomic mass is 9.72. The largest absolute Gasteiger partial charge is 0.143 e. The van der Waals surface area contributed by atoms with E-state index in [1.54, 1.807) is 0 Å². The van der Waals surface area contributed by atoms with Gasteiger partial charge >= 0.3 is 0 Å². The van der Waals surface area contributed by atoms with Gasteiger partial charge in [0.15, 0.2) is 0 Å². The molecule has 1 atom stereocenters. The van der Waals surface area contributed by atoms with E-state index in [0.29, 0.717) is 0 Å². The third-order valence-electron chi connectivity index (χ3n) is 5.49. The number of hydrogen-bond donors (Lipinski definition) is 1. The summed E-state index contributed by atoms with van der Waals surface area (Å²) in [6.07, 6.45) is 6.00. The van der Waals surface area contributed by atoms with E-state index in [1.165, 1.54) is 43.2 Å². The molecule has 1 heteroatoms. The summed E-state index contributed by atoms with van der Waals surface area (Å²) in [4.78, 5) is 1.15. The second-order valence-electron chi connectivity index (χ2n) is 6.66. The van der Waals surface area contributed by atoms with E-state index >= 15 is 0 Å². The normalized spacial score (nSPS) is 15.2. The molecule has 1 aromatic rings. The van der Waals surface area contributed by atoms with Crippen LogP contribution < -0.4 is 0 Å². The van der Waals surface area contributed by atoms with Crippen LogP contribution in [0.3, 0.4) is 0 Å². The molecule has 20 heavy (non-hydrogen) atoms. The number of thiol groups is 1. The first-order chi connectivity index (χ1) is 9.36. The van der Waals surface area contributed by atoms with Gasteiger partial charge in [0.25, 0.3) is 0 Å². The quantitative estimate of drug-likeness (QED) is 0.543. The van der Waals surface area contributed by atoms with Gasteiger partial charge in [0.05, 0.1) is 0 Å². The van der Waals surface area contributed by atoms with Crippen molar-refractivity contribution < 1.29 is 0 Å². The molecule has 1 unspecified atom stereocenters. The van der Waals surface area contributed by atoms with Gasteiger partial charge in [-0.1, -0.05) is 60.1 Å². The van der Waals surface area contributed by atoms with Crippen LogP contribution >= 0.6 is 12.6 Å². The molecule has 1 rings (SSSR count). The summed E-state index contributed by atoms with van der Waals surface area (Å²) in [5, 5.41) is 0. The van der Waals surface area contributed by atoms with Gasteiger partial charge in [-0.25, -0.2) is 0 Å². The second kappa shape index (κ2) is 7.02. The van der Waals surface area contributed by atoms with Crippen LogP contribution in [0.15, 0.2) is 23.1 Å². The van der Waals surface area contributed by atoms with Crippen molar-refractivity contribution in [3.63, 3.8) is 0 Å². The maximum Gasteiger partial charge on any atom is 0.00777 e. The second-order valence-corrected chi connectivity index (χ2v) is 7.15. The lowest BCUT2D eigenvalue weighted by molar-refractivity contribution is 0.401. The fraction of sp³-hybridized carbons (Fsp3) is 0.684. The average molecular weight is 293 g/mol. The zero-order valence-corrected chi connectivity index (χ0v) is 15.1. The molecule has 0 saturated heterocycles. The highest BCUT2D eigenvalue weighted by molar-refractivity contribution is 7.80. The van der Waals surface area contributed by atoms with Crippen LogP contribution in [-0.4, -0.2) is 0 Å². The van der Waals surface area contributed by atoms with E-state index < -0.39 is 0 Å². The molecule has 0 amide bonds. The maximum absolute atomic E-state index is 4.74. The highest BCUT2D eigenvalue weighted by Crippen LogP contribution is 2.40. The molecule has 0 nitrogen and oxygen atoms in total. The minimum absolute atomic E-state index is 0.254. The summed E-state index contributed by atoms with van der Waals surface area (Å²) in [5.74, 6) is 0. The van der Waals surface area contributed by atoms with Gasteiger partial charge in [0.2, 0.25) is 0 Å². The predicted octanol–water partition coefficient (Wildman–Crippen LogP) is 6.52. The lowest BCUT2D eigenvalue weighted by Crippen LogP contribution is -2.24. The highest BCUT2D eigenvalue weighted by Gasteiger charge is 2.29. The van der Waals surface area contributed by atoms with E-state index in [0.717, 1.165) is 4.90 Å². The minimum Gasteiger partial charge on any atom is -0.143 e. The summed E-state index contributed by atoms with van der Waals surface area (Å²) in [7, 11) is 0. The van der Waals surface area contributed by atoms with Gasteiger partial charge in [0, 0.05) is 4.90 Å². The molecule has 0 aromatic heterocycles. The monoisotopic (exact) mass is 292 g/mol. The Morgan fingerprint density at radius 2 is 1.45 bits per heavy atom. The van der Waals surface area contributed by atoms with Crippen molar-refractivity contribution in [2.45, 2.75) is 89.4 Å². The van der Waals surface area contributed by atoms with Crippen LogP contribution in [-0.2, 0) is 10.8 Å². The Hall–Kier alpha value is -0.430. The molecule has 1 aromatic carbocycles. The topological polar surface area (TPSA) is 0 Å². The Balaban J connectivity index is 3.34. The van der Waals surface area contributed by atoms with Crippen LogP contribution in [0.4, 0.5) is 0 Å². The molecule has 0 bridgehead atoms. The Morgan fingerprint density at radius 3 is 1.90 bits per heavy atom. The molecule has 0 fully saturated rings. The summed E-state index contributed by atoms with van der Waals surface area (Å²) >= 11 is 4.74. The van der Waals surface area contributed by atoms with Crippen molar-refractivity contribution >= 4 is 12.6 Å². The smallest absolute Gasteiger partial charge is 0.00777 e. The molecule has 0 aliphatic carbocycles. The minimum atomic E-state index is 0.254. The summed E-state index contributed by atoms with van der Waals surface area (Å²) in [6.45, 7) is 13.9. The van der Waals surface area contributed by atoms with Crippen molar-refractivity contribution in [3.8, 4) is 0 Å². The van der Waals surface area contributed by atoms with Crippen molar-refractivity contribution in [3.05, 3.63) is 29.3 Å². The summed E-state index contributed by atoms with van der Waals surface area (Å²) < 4.78 is 0. The van der Waals surface area contributed by atoms with Crippen LogP contribution in [0.25, 0.3) is 0 Å². The molecular weight excluding hydrogens is 260 g/mol. The molecular formula is C19H32S. The van der Waals surface area contributed by atoms with E-state index in [1.807, 2.05) is 0 Å². The van der Waals surface area contributed by atoms with Crippen LogP contribution in [0.1, 0.15) is 84.8 Å². The van der Waals surface area contributed by atoms with Gasteiger partial charge in [-0.05, 0) is 53.7 Å². The van der Waals surface area contributed by atoms with Gasteiger partial charge in [-0.15, -0.1) is 12.6 Å². The van der Waals surface area contributed by atoms with Crippen molar-refractivity contribution in [1.29, 1.82) is 0 Å². The molecule has 0 heterocycles. The Bertz CT molecular complexity index is 431. The van der Waals surface area contributed by atoms with Crippen LogP contribution in [0, 0.1) is 0 Å². The predicted molar refractivity (Wildman–Crippen MR) is 94.2 cm³/mol. The Morgan fingerprint density at radius 1 is 0.900 bits per heavy atom. The molecule has 0 spiro atoms. The van der Waals surface area contributed by atoms with Gasteiger partial charge < -0.3 is 0 Å².